The Kier molecular flexibility index (Phi) is 3.03. The van der Waals surface area contributed by atoms with E-state index in [1.807, 2.05) is 32.2 Å². The summed E-state index contributed by atoms with van der Waals surface area (Å²) in [6.07, 6.45) is 1.60. The van der Waals surface area contributed by atoms with Gasteiger partial charge in [-0.1, -0.05) is 17.7 Å². The van der Waals surface area contributed by atoms with Crippen LogP contribution < -0.4 is 5.32 Å². The zero-order chi connectivity index (χ0) is 14.3. The van der Waals surface area contributed by atoms with Crippen LogP contribution in [0.25, 0.3) is 11.1 Å². The number of aromatic nitrogens is 1. The van der Waals surface area contributed by atoms with Crippen LogP contribution in [0.4, 0.5) is 5.69 Å². The maximum Gasteiger partial charge on any atom is 0.272 e. The van der Waals surface area contributed by atoms with Crippen LogP contribution in [0.5, 0.6) is 0 Å². The highest BCUT2D eigenvalue weighted by atomic mass is 35.5. The number of hydrogen-bond donors (Lipinski definition) is 1. The Morgan fingerprint density at radius 2 is 2.10 bits per heavy atom. The molecular formula is C15H13ClN2O2. The normalized spacial score (nSPS) is 10.9. The van der Waals surface area contributed by atoms with Crippen molar-refractivity contribution in [2.75, 3.05) is 5.32 Å². The topological polar surface area (TPSA) is 47.2 Å². The largest absolute Gasteiger partial charge is 0.463 e. The van der Waals surface area contributed by atoms with Crippen LogP contribution in [-0.2, 0) is 7.05 Å². The van der Waals surface area contributed by atoms with Crippen molar-refractivity contribution in [2.45, 2.75) is 6.92 Å². The molecule has 5 heteroatoms. The van der Waals surface area contributed by atoms with Gasteiger partial charge in [0.2, 0.25) is 0 Å². The number of benzene rings is 1. The van der Waals surface area contributed by atoms with Gasteiger partial charge in [0.1, 0.15) is 5.69 Å². The average Bonchev–Trinajstić information content (AvgIpc) is 2.97. The summed E-state index contributed by atoms with van der Waals surface area (Å²) in [4.78, 5) is 12.3. The van der Waals surface area contributed by atoms with E-state index in [0.717, 1.165) is 11.1 Å². The zero-order valence-electron chi connectivity index (χ0n) is 11.1. The SMILES string of the molecule is Cc1ccc(NC(=O)c2cc3occc3n2C)cc1Cl. The molecule has 0 saturated carbocycles. The maximum atomic E-state index is 12.3. The zero-order valence-corrected chi connectivity index (χ0v) is 11.9. The molecule has 0 aliphatic rings. The number of furan rings is 1. The molecule has 0 bridgehead atoms. The van der Waals surface area contributed by atoms with Crippen molar-refractivity contribution in [1.29, 1.82) is 0 Å². The summed E-state index contributed by atoms with van der Waals surface area (Å²) < 4.78 is 7.09. The van der Waals surface area contributed by atoms with Crippen molar-refractivity contribution in [3.05, 3.63) is 52.9 Å². The van der Waals surface area contributed by atoms with Gasteiger partial charge in [0.25, 0.3) is 5.91 Å². The van der Waals surface area contributed by atoms with Crippen molar-refractivity contribution < 1.29 is 9.21 Å². The predicted molar refractivity (Wildman–Crippen MR) is 79.3 cm³/mol. The quantitative estimate of drug-likeness (QED) is 0.775. The minimum Gasteiger partial charge on any atom is -0.463 e. The standard InChI is InChI=1S/C15H13ClN2O2/c1-9-3-4-10(7-11(9)16)17-15(19)13-8-14-12(18(13)2)5-6-20-14/h3-8H,1-2H3,(H,17,19). The molecule has 1 aromatic carbocycles. The third-order valence-electron chi connectivity index (χ3n) is 3.33. The van der Waals surface area contributed by atoms with Crippen LogP contribution >= 0.6 is 11.6 Å². The molecule has 2 heterocycles. The number of halogens is 1. The lowest BCUT2D eigenvalue weighted by molar-refractivity contribution is 0.101. The Balaban J connectivity index is 1.90. The number of fused-ring (bicyclic) bond motifs is 1. The summed E-state index contributed by atoms with van der Waals surface area (Å²) in [5.74, 6) is -0.196. The second-order valence-electron chi connectivity index (χ2n) is 4.68. The van der Waals surface area contributed by atoms with E-state index < -0.39 is 0 Å². The molecule has 0 atom stereocenters. The summed E-state index contributed by atoms with van der Waals surface area (Å²) in [5.41, 5.74) is 3.76. The number of amides is 1. The molecule has 4 nitrogen and oxygen atoms in total. The first-order chi connectivity index (χ1) is 9.56. The number of aryl methyl sites for hydroxylation is 2. The van der Waals surface area contributed by atoms with Gasteiger partial charge in [0.05, 0.1) is 11.8 Å². The molecule has 2 aromatic heterocycles. The molecule has 1 N–H and O–H groups in total. The summed E-state index contributed by atoms with van der Waals surface area (Å²) in [6.45, 7) is 1.92. The van der Waals surface area contributed by atoms with Gasteiger partial charge in [0, 0.05) is 29.9 Å². The fourth-order valence-corrected chi connectivity index (χ4v) is 2.31. The molecule has 0 spiro atoms. The highest BCUT2D eigenvalue weighted by Gasteiger charge is 2.15. The summed E-state index contributed by atoms with van der Waals surface area (Å²) in [5, 5.41) is 3.46. The maximum absolute atomic E-state index is 12.3. The fraction of sp³-hybridized carbons (Fsp3) is 0.133. The molecule has 0 radical (unpaired) electrons. The second kappa shape index (κ2) is 4.72. The summed E-state index contributed by atoms with van der Waals surface area (Å²) in [6, 6.07) is 8.98. The smallest absolute Gasteiger partial charge is 0.272 e. The van der Waals surface area contributed by atoms with Crippen molar-refractivity contribution >= 4 is 34.3 Å². The van der Waals surface area contributed by atoms with E-state index in [9.17, 15) is 4.79 Å². The first-order valence-electron chi connectivity index (χ1n) is 6.16. The van der Waals surface area contributed by atoms with E-state index in [4.69, 9.17) is 16.0 Å². The Morgan fingerprint density at radius 1 is 1.30 bits per heavy atom. The molecule has 102 valence electrons. The number of anilines is 1. The van der Waals surface area contributed by atoms with Gasteiger partial charge >= 0.3 is 0 Å². The van der Waals surface area contributed by atoms with Crippen molar-refractivity contribution in [1.82, 2.24) is 4.57 Å². The Morgan fingerprint density at radius 3 is 2.80 bits per heavy atom. The molecule has 0 saturated heterocycles. The lowest BCUT2D eigenvalue weighted by Gasteiger charge is -2.07. The molecule has 0 aliphatic heterocycles. The van der Waals surface area contributed by atoms with Crippen LogP contribution in [0.2, 0.25) is 5.02 Å². The van der Waals surface area contributed by atoms with Gasteiger partial charge < -0.3 is 14.3 Å². The number of hydrogen-bond acceptors (Lipinski definition) is 2. The van der Waals surface area contributed by atoms with E-state index in [0.29, 0.717) is 22.0 Å². The van der Waals surface area contributed by atoms with Crippen LogP contribution in [0.15, 0.2) is 41.0 Å². The van der Waals surface area contributed by atoms with E-state index >= 15 is 0 Å². The monoisotopic (exact) mass is 288 g/mol. The van der Waals surface area contributed by atoms with Crippen molar-refractivity contribution in [3.63, 3.8) is 0 Å². The Hall–Kier alpha value is -2.20. The first-order valence-corrected chi connectivity index (χ1v) is 6.54. The van der Waals surface area contributed by atoms with Crippen molar-refractivity contribution in [2.24, 2.45) is 7.05 Å². The van der Waals surface area contributed by atoms with E-state index in [1.54, 1.807) is 23.0 Å². The van der Waals surface area contributed by atoms with Gasteiger partial charge in [-0.2, -0.15) is 0 Å². The lowest BCUT2D eigenvalue weighted by Crippen LogP contribution is -2.15. The number of carbonyl (C=O) groups is 1. The van der Waals surface area contributed by atoms with Gasteiger partial charge in [-0.3, -0.25) is 4.79 Å². The molecule has 3 rings (SSSR count). The average molecular weight is 289 g/mol. The Labute approximate surface area is 120 Å². The van der Waals surface area contributed by atoms with E-state index in [-0.39, 0.29) is 5.91 Å². The van der Waals surface area contributed by atoms with Crippen molar-refractivity contribution in [3.8, 4) is 0 Å². The lowest BCUT2D eigenvalue weighted by atomic mass is 10.2. The van der Waals surface area contributed by atoms with Crippen LogP contribution in [0, 0.1) is 6.92 Å². The van der Waals surface area contributed by atoms with Gasteiger partial charge in [-0.25, -0.2) is 0 Å². The molecular weight excluding hydrogens is 276 g/mol. The minimum atomic E-state index is -0.196. The molecule has 20 heavy (non-hydrogen) atoms. The third-order valence-corrected chi connectivity index (χ3v) is 3.73. The predicted octanol–water partition coefficient (Wildman–Crippen LogP) is 3.99. The number of nitrogens with one attached hydrogen (secondary N) is 1. The van der Waals surface area contributed by atoms with Gasteiger partial charge in [-0.05, 0) is 24.6 Å². The molecule has 0 unspecified atom stereocenters. The number of rotatable bonds is 2. The fourth-order valence-electron chi connectivity index (χ4n) is 2.13. The Bertz CT molecular complexity index is 801. The second-order valence-corrected chi connectivity index (χ2v) is 5.08. The molecule has 0 fully saturated rings. The first kappa shape index (κ1) is 12.8. The van der Waals surface area contributed by atoms with E-state index in [2.05, 4.69) is 5.32 Å². The molecule has 3 aromatic rings. The summed E-state index contributed by atoms with van der Waals surface area (Å²) >= 11 is 6.05. The summed E-state index contributed by atoms with van der Waals surface area (Å²) in [7, 11) is 1.83. The highest BCUT2D eigenvalue weighted by molar-refractivity contribution is 6.31. The number of carbonyl (C=O) groups excluding carboxylic acids is 1. The van der Waals surface area contributed by atoms with Gasteiger partial charge in [-0.15, -0.1) is 0 Å². The van der Waals surface area contributed by atoms with Crippen LogP contribution in [-0.4, -0.2) is 10.5 Å². The van der Waals surface area contributed by atoms with Crippen LogP contribution in [0.3, 0.4) is 0 Å². The number of nitrogens with zero attached hydrogens (tertiary/aromatic N) is 1. The van der Waals surface area contributed by atoms with Crippen LogP contribution in [0.1, 0.15) is 16.1 Å². The minimum absolute atomic E-state index is 0.196. The van der Waals surface area contributed by atoms with Gasteiger partial charge in [0.15, 0.2) is 5.58 Å². The van der Waals surface area contributed by atoms with E-state index in [1.165, 1.54) is 0 Å². The third kappa shape index (κ3) is 2.08. The molecule has 0 aliphatic carbocycles. The molecule has 1 amide bonds. The highest BCUT2D eigenvalue weighted by Crippen LogP contribution is 2.23.